The topological polar surface area (TPSA) is 63.5 Å². The lowest BCUT2D eigenvalue weighted by molar-refractivity contribution is -0.384. The highest BCUT2D eigenvalue weighted by Crippen LogP contribution is 2.29. The van der Waals surface area contributed by atoms with Crippen molar-refractivity contribution in [2.45, 2.75) is 20.8 Å². The maximum Gasteiger partial charge on any atom is 0.293 e. The molecular formula is C12H16N2O3. The zero-order valence-corrected chi connectivity index (χ0v) is 10.4. The minimum absolute atomic E-state index is 0.0403. The molecule has 0 aromatic heterocycles. The van der Waals surface area contributed by atoms with Crippen LogP contribution in [0.5, 0.6) is 0 Å². The highest BCUT2D eigenvalue weighted by Gasteiger charge is 2.22. The van der Waals surface area contributed by atoms with E-state index in [4.69, 9.17) is 0 Å². The zero-order chi connectivity index (χ0) is 13.2. The van der Waals surface area contributed by atoms with Crippen LogP contribution < -0.4 is 4.90 Å². The Labute approximate surface area is 100 Å². The summed E-state index contributed by atoms with van der Waals surface area (Å²) in [6, 6.07) is 4.83. The minimum atomic E-state index is -0.466. The number of carbonyl (C=O) groups is 1. The maximum atomic E-state index is 11.8. The number of nitrogens with zero attached hydrogens (tertiary/aromatic N) is 2. The number of hydrogen-bond acceptors (Lipinski definition) is 3. The number of carbonyl (C=O) groups excluding carboxylic acids is 1. The molecular weight excluding hydrogens is 220 g/mol. The van der Waals surface area contributed by atoms with Crippen LogP contribution in [0.4, 0.5) is 11.4 Å². The molecule has 0 fully saturated rings. The van der Waals surface area contributed by atoms with Crippen molar-refractivity contribution in [1.29, 1.82) is 0 Å². The van der Waals surface area contributed by atoms with Gasteiger partial charge >= 0.3 is 0 Å². The quantitative estimate of drug-likeness (QED) is 0.598. The molecule has 0 saturated carbocycles. The third-order valence-corrected chi connectivity index (χ3v) is 2.51. The normalized spacial score (nSPS) is 10.4. The van der Waals surface area contributed by atoms with Crippen LogP contribution in [0.25, 0.3) is 0 Å². The molecule has 0 spiro atoms. The number of amides is 1. The van der Waals surface area contributed by atoms with Gasteiger partial charge in [0.1, 0.15) is 5.69 Å². The Hall–Kier alpha value is -1.91. The maximum absolute atomic E-state index is 11.8. The van der Waals surface area contributed by atoms with Gasteiger partial charge in [-0.3, -0.25) is 14.9 Å². The van der Waals surface area contributed by atoms with Crippen molar-refractivity contribution in [2.75, 3.05) is 11.9 Å². The second-order valence-corrected chi connectivity index (χ2v) is 4.30. The average molecular weight is 236 g/mol. The van der Waals surface area contributed by atoms with Gasteiger partial charge in [-0.25, -0.2) is 0 Å². The number of hydrogen-bond donors (Lipinski definition) is 0. The van der Waals surface area contributed by atoms with Crippen molar-refractivity contribution in [3.63, 3.8) is 0 Å². The van der Waals surface area contributed by atoms with E-state index in [0.29, 0.717) is 5.69 Å². The Kier molecular flexibility index (Phi) is 3.83. The van der Waals surface area contributed by atoms with Crippen molar-refractivity contribution >= 4 is 17.3 Å². The van der Waals surface area contributed by atoms with Crippen LogP contribution in [0.2, 0.25) is 0 Å². The summed E-state index contributed by atoms with van der Waals surface area (Å²) in [7, 11) is 1.56. The summed E-state index contributed by atoms with van der Waals surface area (Å²) >= 11 is 0. The minimum Gasteiger partial charge on any atom is -0.309 e. The zero-order valence-electron chi connectivity index (χ0n) is 10.4. The Bertz CT molecular complexity index is 455. The molecule has 1 aromatic rings. The number of benzene rings is 1. The van der Waals surface area contributed by atoms with Crippen LogP contribution in [-0.2, 0) is 4.79 Å². The van der Waals surface area contributed by atoms with Crippen LogP contribution in [0.3, 0.4) is 0 Å². The molecule has 1 amide bonds. The van der Waals surface area contributed by atoms with Gasteiger partial charge in [-0.1, -0.05) is 19.9 Å². The molecule has 1 aromatic carbocycles. The molecule has 0 radical (unpaired) electrons. The third kappa shape index (κ3) is 2.81. The summed E-state index contributed by atoms with van der Waals surface area (Å²) in [6.07, 6.45) is 0. The second kappa shape index (κ2) is 4.95. The number of nitro benzene ring substituents is 1. The van der Waals surface area contributed by atoms with Gasteiger partial charge in [0.15, 0.2) is 0 Å². The summed E-state index contributed by atoms with van der Waals surface area (Å²) < 4.78 is 0. The first-order valence-corrected chi connectivity index (χ1v) is 5.37. The number of aryl methyl sites for hydroxylation is 1. The van der Waals surface area contributed by atoms with Crippen LogP contribution >= 0.6 is 0 Å². The van der Waals surface area contributed by atoms with E-state index in [1.54, 1.807) is 40.0 Å². The Balaban J connectivity index is 3.22. The van der Waals surface area contributed by atoms with E-state index in [9.17, 15) is 14.9 Å². The smallest absolute Gasteiger partial charge is 0.293 e. The predicted octanol–water partition coefficient (Wildman–Crippen LogP) is 2.52. The van der Waals surface area contributed by atoms with Gasteiger partial charge < -0.3 is 4.90 Å². The van der Waals surface area contributed by atoms with E-state index in [2.05, 4.69) is 0 Å². The fourth-order valence-corrected chi connectivity index (χ4v) is 1.57. The average Bonchev–Trinajstić information content (AvgIpc) is 2.26. The van der Waals surface area contributed by atoms with E-state index in [1.165, 1.54) is 11.0 Å². The lowest BCUT2D eigenvalue weighted by Crippen LogP contribution is -2.30. The predicted molar refractivity (Wildman–Crippen MR) is 66.1 cm³/mol. The van der Waals surface area contributed by atoms with Crippen LogP contribution in [0.1, 0.15) is 19.4 Å². The molecule has 5 nitrogen and oxygen atoms in total. The van der Waals surface area contributed by atoms with E-state index >= 15 is 0 Å². The molecule has 0 atom stereocenters. The fourth-order valence-electron chi connectivity index (χ4n) is 1.57. The summed E-state index contributed by atoms with van der Waals surface area (Å²) in [4.78, 5) is 23.6. The monoisotopic (exact) mass is 236 g/mol. The fraction of sp³-hybridized carbons (Fsp3) is 0.417. The molecule has 0 heterocycles. The standard InChI is InChI=1S/C12H16N2O3/c1-8(2)12(15)13(4)10-6-5-9(3)7-11(10)14(16)17/h5-8H,1-4H3. The van der Waals surface area contributed by atoms with E-state index < -0.39 is 4.92 Å². The summed E-state index contributed by atoms with van der Waals surface area (Å²) in [6.45, 7) is 5.30. The highest BCUT2D eigenvalue weighted by atomic mass is 16.6. The Morgan fingerprint density at radius 2 is 2.00 bits per heavy atom. The van der Waals surface area contributed by atoms with Crippen molar-refractivity contribution in [2.24, 2.45) is 5.92 Å². The summed E-state index contributed by atoms with van der Waals surface area (Å²) in [5, 5.41) is 10.9. The SMILES string of the molecule is Cc1ccc(N(C)C(=O)C(C)C)c([N+](=O)[O-])c1. The van der Waals surface area contributed by atoms with Crippen LogP contribution in [-0.4, -0.2) is 17.9 Å². The molecule has 0 aliphatic carbocycles. The first-order valence-electron chi connectivity index (χ1n) is 5.37. The molecule has 0 aliphatic heterocycles. The molecule has 5 heteroatoms. The van der Waals surface area contributed by atoms with Gasteiger partial charge in [-0.05, 0) is 18.6 Å². The van der Waals surface area contributed by atoms with Crippen LogP contribution in [0, 0.1) is 23.0 Å². The van der Waals surface area contributed by atoms with Gasteiger partial charge in [-0.2, -0.15) is 0 Å². The van der Waals surface area contributed by atoms with Gasteiger partial charge in [0.25, 0.3) is 5.69 Å². The van der Waals surface area contributed by atoms with E-state index in [1.807, 2.05) is 0 Å². The molecule has 1 rings (SSSR count). The van der Waals surface area contributed by atoms with E-state index in [-0.39, 0.29) is 17.5 Å². The summed E-state index contributed by atoms with van der Waals surface area (Å²) in [5.74, 6) is -0.335. The Morgan fingerprint density at radius 1 is 1.41 bits per heavy atom. The number of nitro groups is 1. The molecule has 0 bridgehead atoms. The van der Waals surface area contributed by atoms with Crippen molar-refractivity contribution in [3.05, 3.63) is 33.9 Å². The van der Waals surface area contributed by atoms with Gasteiger partial charge in [0, 0.05) is 19.0 Å². The molecule has 0 aliphatic rings. The van der Waals surface area contributed by atoms with Gasteiger partial charge in [0.2, 0.25) is 5.91 Å². The highest BCUT2D eigenvalue weighted by molar-refractivity contribution is 5.96. The first kappa shape index (κ1) is 13.2. The largest absolute Gasteiger partial charge is 0.309 e. The molecule has 92 valence electrons. The number of rotatable bonds is 3. The molecule has 0 saturated heterocycles. The third-order valence-electron chi connectivity index (χ3n) is 2.51. The van der Waals surface area contributed by atoms with Crippen molar-refractivity contribution < 1.29 is 9.72 Å². The van der Waals surface area contributed by atoms with Gasteiger partial charge in [-0.15, -0.1) is 0 Å². The lowest BCUT2D eigenvalue weighted by atomic mass is 10.1. The number of anilines is 1. The summed E-state index contributed by atoms with van der Waals surface area (Å²) in [5.41, 5.74) is 1.09. The Morgan fingerprint density at radius 3 is 2.47 bits per heavy atom. The van der Waals surface area contributed by atoms with Crippen LogP contribution in [0.15, 0.2) is 18.2 Å². The lowest BCUT2D eigenvalue weighted by Gasteiger charge is -2.19. The first-order chi connectivity index (χ1) is 7.84. The van der Waals surface area contributed by atoms with E-state index in [0.717, 1.165) is 5.56 Å². The van der Waals surface area contributed by atoms with Crippen molar-refractivity contribution in [3.8, 4) is 0 Å². The van der Waals surface area contributed by atoms with Crippen molar-refractivity contribution in [1.82, 2.24) is 0 Å². The molecule has 0 N–H and O–H groups in total. The van der Waals surface area contributed by atoms with Gasteiger partial charge in [0.05, 0.1) is 4.92 Å². The molecule has 0 unspecified atom stereocenters. The second-order valence-electron chi connectivity index (χ2n) is 4.30. The molecule has 17 heavy (non-hydrogen) atoms.